The summed E-state index contributed by atoms with van der Waals surface area (Å²) in [5, 5.41) is 6.37. The topological polar surface area (TPSA) is 89.0 Å². The quantitative estimate of drug-likeness (QED) is 0.349. The average Bonchev–Trinajstić information content (AvgIpc) is 2.79. The van der Waals surface area contributed by atoms with E-state index in [1.54, 1.807) is 30.3 Å². The van der Waals surface area contributed by atoms with Gasteiger partial charge in [-0.15, -0.1) is 0 Å². The number of nitrogens with zero attached hydrogens (tertiary/aromatic N) is 1. The smallest absolute Gasteiger partial charge is 0.329 e. The Balaban J connectivity index is 1.58. The number of benzene rings is 3. The highest BCUT2D eigenvalue weighted by molar-refractivity contribution is 6.39. The number of hydrogen-bond donors (Lipinski definition) is 2. The fraction of sp³-hybridized carbons (Fsp3) is 0.125. The van der Waals surface area contributed by atoms with Crippen LogP contribution in [0.4, 0.5) is 5.69 Å². The van der Waals surface area contributed by atoms with Crippen molar-refractivity contribution in [3.05, 3.63) is 89.5 Å². The number of hydrazone groups is 1. The summed E-state index contributed by atoms with van der Waals surface area (Å²) in [6.45, 7) is 2.43. The minimum absolute atomic E-state index is 0.393. The van der Waals surface area contributed by atoms with E-state index < -0.39 is 11.8 Å². The Labute approximate surface area is 180 Å². The molecule has 0 aromatic heterocycles. The number of amides is 2. The van der Waals surface area contributed by atoms with Crippen molar-refractivity contribution in [3.8, 4) is 11.5 Å². The van der Waals surface area contributed by atoms with E-state index in [0.29, 0.717) is 29.4 Å². The molecule has 0 saturated heterocycles. The van der Waals surface area contributed by atoms with Gasteiger partial charge in [-0.2, -0.15) is 5.10 Å². The molecule has 0 bridgehead atoms. The highest BCUT2D eigenvalue weighted by atomic mass is 16.5. The molecule has 2 amide bonds. The maximum Gasteiger partial charge on any atom is 0.329 e. The first-order valence-electron chi connectivity index (χ1n) is 9.61. The van der Waals surface area contributed by atoms with Gasteiger partial charge in [0.05, 0.1) is 19.0 Å². The summed E-state index contributed by atoms with van der Waals surface area (Å²) in [6.07, 6.45) is 1.43. The number of hydrogen-bond acceptors (Lipinski definition) is 5. The number of methoxy groups -OCH3 is 1. The zero-order valence-corrected chi connectivity index (χ0v) is 17.3. The molecule has 0 atom stereocenters. The van der Waals surface area contributed by atoms with Gasteiger partial charge in [-0.3, -0.25) is 9.59 Å². The van der Waals surface area contributed by atoms with Crippen LogP contribution in [-0.2, 0) is 16.2 Å². The van der Waals surface area contributed by atoms with Gasteiger partial charge in [-0.05, 0) is 36.8 Å². The van der Waals surface area contributed by atoms with Gasteiger partial charge in [0.2, 0.25) is 0 Å². The summed E-state index contributed by atoms with van der Waals surface area (Å²) in [7, 11) is 1.48. The standard InChI is InChI=1S/C24H23N3O4/c1-17-11-13-18(14-12-17)16-31-21-9-5-3-7-19(21)15-25-27-24(29)23(28)26-20-8-4-6-10-22(20)30-2/h3-15H,16H2,1-2H3,(H,26,28)(H,27,29)/b25-15-. The highest BCUT2D eigenvalue weighted by Gasteiger charge is 2.15. The second-order valence-corrected chi connectivity index (χ2v) is 6.67. The van der Waals surface area contributed by atoms with E-state index in [4.69, 9.17) is 9.47 Å². The van der Waals surface area contributed by atoms with E-state index in [0.717, 1.165) is 5.56 Å². The lowest BCUT2D eigenvalue weighted by Gasteiger charge is -2.09. The summed E-state index contributed by atoms with van der Waals surface area (Å²) in [5.41, 5.74) is 5.50. The lowest BCUT2D eigenvalue weighted by molar-refractivity contribution is -0.136. The molecular weight excluding hydrogens is 394 g/mol. The molecule has 0 fully saturated rings. The molecule has 31 heavy (non-hydrogen) atoms. The van der Waals surface area contributed by atoms with E-state index in [1.807, 2.05) is 49.4 Å². The summed E-state index contributed by atoms with van der Waals surface area (Å²) in [6, 6.07) is 22.2. The Morgan fingerprint density at radius 2 is 1.58 bits per heavy atom. The van der Waals surface area contributed by atoms with Crippen LogP contribution in [0.2, 0.25) is 0 Å². The summed E-state index contributed by atoms with van der Waals surface area (Å²) < 4.78 is 11.0. The maximum absolute atomic E-state index is 12.1. The Morgan fingerprint density at radius 3 is 2.32 bits per heavy atom. The molecule has 158 valence electrons. The molecule has 0 spiro atoms. The van der Waals surface area contributed by atoms with Crippen LogP contribution in [0.1, 0.15) is 16.7 Å². The van der Waals surface area contributed by atoms with Crippen molar-refractivity contribution in [2.75, 3.05) is 12.4 Å². The van der Waals surface area contributed by atoms with Crippen molar-refractivity contribution in [3.63, 3.8) is 0 Å². The van der Waals surface area contributed by atoms with Gasteiger partial charge in [0.1, 0.15) is 18.1 Å². The molecule has 2 N–H and O–H groups in total. The second kappa shape index (κ2) is 10.6. The zero-order valence-electron chi connectivity index (χ0n) is 17.3. The van der Waals surface area contributed by atoms with Crippen LogP contribution in [0, 0.1) is 6.92 Å². The highest BCUT2D eigenvalue weighted by Crippen LogP contribution is 2.22. The first-order valence-corrected chi connectivity index (χ1v) is 9.61. The van der Waals surface area contributed by atoms with E-state index in [9.17, 15) is 9.59 Å². The van der Waals surface area contributed by atoms with Crippen LogP contribution in [0.3, 0.4) is 0 Å². The van der Waals surface area contributed by atoms with E-state index in [-0.39, 0.29) is 0 Å². The van der Waals surface area contributed by atoms with Crippen molar-refractivity contribution >= 4 is 23.7 Å². The molecule has 0 unspecified atom stereocenters. The number of ether oxygens (including phenoxy) is 2. The number of nitrogens with one attached hydrogen (secondary N) is 2. The molecule has 0 aliphatic heterocycles. The van der Waals surface area contributed by atoms with Gasteiger partial charge in [-0.25, -0.2) is 5.43 Å². The summed E-state index contributed by atoms with van der Waals surface area (Å²) in [5.74, 6) is -0.697. The third kappa shape index (κ3) is 6.17. The van der Waals surface area contributed by atoms with Gasteiger partial charge >= 0.3 is 11.8 Å². The van der Waals surface area contributed by atoms with Gasteiger partial charge in [0, 0.05) is 5.56 Å². The van der Waals surface area contributed by atoms with E-state index >= 15 is 0 Å². The third-order valence-electron chi connectivity index (χ3n) is 4.37. The number of carbonyl (C=O) groups is 2. The van der Waals surface area contributed by atoms with Crippen LogP contribution < -0.4 is 20.2 Å². The van der Waals surface area contributed by atoms with E-state index in [2.05, 4.69) is 15.8 Å². The Bertz CT molecular complexity index is 1080. The molecule has 3 aromatic carbocycles. The second-order valence-electron chi connectivity index (χ2n) is 6.67. The number of anilines is 1. The van der Waals surface area contributed by atoms with Crippen LogP contribution >= 0.6 is 0 Å². The number of carbonyl (C=O) groups excluding carboxylic acids is 2. The predicted octanol–water partition coefficient (Wildman–Crippen LogP) is 3.67. The molecule has 0 aliphatic rings. The molecule has 3 aromatic rings. The molecule has 0 radical (unpaired) electrons. The SMILES string of the molecule is COc1ccccc1NC(=O)C(=O)N/N=C\c1ccccc1OCc1ccc(C)cc1. The molecule has 7 heteroatoms. The normalized spacial score (nSPS) is 10.5. The molecule has 3 rings (SSSR count). The number of rotatable bonds is 7. The van der Waals surface area contributed by atoms with Crippen molar-refractivity contribution < 1.29 is 19.1 Å². The fourth-order valence-electron chi connectivity index (χ4n) is 2.70. The minimum atomic E-state index is -0.903. The van der Waals surface area contributed by atoms with Crippen LogP contribution in [0.5, 0.6) is 11.5 Å². The lowest BCUT2D eigenvalue weighted by atomic mass is 10.1. The van der Waals surface area contributed by atoms with Gasteiger partial charge in [0.15, 0.2) is 0 Å². The van der Waals surface area contributed by atoms with Gasteiger partial charge in [0.25, 0.3) is 0 Å². The van der Waals surface area contributed by atoms with Gasteiger partial charge < -0.3 is 14.8 Å². The van der Waals surface area contributed by atoms with Gasteiger partial charge in [-0.1, -0.05) is 54.1 Å². The first-order chi connectivity index (χ1) is 15.1. The van der Waals surface area contributed by atoms with Crippen LogP contribution in [0.15, 0.2) is 77.9 Å². The number of para-hydroxylation sites is 3. The van der Waals surface area contributed by atoms with Crippen LogP contribution in [-0.4, -0.2) is 25.1 Å². The van der Waals surface area contributed by atoms with Crippen molar-refractivity contribution in [2.24, 2.45) is 5.10 Å². The maximum atomic E-state index is 12.1. The molecule has 0 heterocycles. The third-order valence-corrected chi connectivity index (χ3v) is 4.37. The van der Waals surface area contributed by atoms with Crippen LogP contribution in [0.25, 0.3) is 0 Å². The molecule has 7 nitrogen and oxygen atoms in total. The Morgan fingerprint density at radius 1 is 0.903 bits per heavy atom. The predicted molar refractivity (Wildman–Crippen MR) is 119 cm³/mol. The fourth-order valence-corrected chi connectivity index (χ4v) is 2.70. The molecular formula is C24H23N3O4. The average molecular weight is 417 g/mol. The largest absolute Gasteiger partial charge is 0.495 e. The molecule has 0 saturated carbocycles. The van der Waals surface area contributed by atoms with Crippen molar-refractivity contribution in [1.82, 2.24) is 5.43 Å². The lowest BCUT2D eigenvalue weighted by Crippen LogP contribution is -2.32. The first kappa shape index (κ1) is 21.6. The minimum Gasteiger partial charge on any atom is -0.495 e. The van der Waals surface area contributed by atoms with E-state index in [1.165, 1.54) is 18.9 Å². The Hall–Kier alpha value is -4.13. The van der Waals surface area contributed by atoms with Crippen molar-refractivity contribution in [2.45, 2.75) is 13.5 Å². The molecule has 0 aliphatic carbocycles. The summed E-state index contributed by atoms with van der Waals surface area (Å²) in [4.78, 5) is 24.1. The Kier molecular flexibility index (Phi) is 7.37. The monoisotopic (exact) mass is 417 g/mol. The van der Waals surface area contributed by atoms with Crippen molar-refractivity contribution in [1.29, 1.82) is 0 Å². The number of aryl methyl sites for hydroxylation is 1. The summed E-state index contributed by atoms with van der Waals surface area (Å²) >= 11 is 0. The zero-order chi connectivity index (χ0) is 22.1.